The van der Waals surface area contributed by atoms with Gasteiger partial charge in [0.15, 0.2) is 0 Å². The minimum Gasteiger partial charge on any atom is -0.336 e. The highest BCUT2D eigenvalue weighted by molar-refractivity contribution is 5.95. The lowest BCUT2D eigenvalue weighted by Gasteiger charge is -2.40. The van der Waals surface area contributed by atoms with E-state index in [1.54, 1.807) is 11.0 Å². The number of amides is 1. The first-order valence-corrected chi connectivity index (χ1v) is 10.1. The summed E-state index contributed by atoms with van der Waals surface area (Å²) in [5.41, 5.74) is 3.34. The van der Waals surface area contributed by atoms with E-state index in [0.717, 1.165) is 16.7 Å². The fourth-order valence-corrected chi connectivity index (χ4v) is 4.07. The van der Waals surface area contributed by atoms with Gasteiger partial charge in [0, 0.05) is 31.7 Å². The average Bonchev–Trinajstić information content (AvgIpc) is 2.78. The van der Waals surface area contributed by atoms with Crippen LogP contribution in [0.2, 0.25) is 0 Å². The van der Waals surface area contributed by atoms with Crippen LogP contribution in [0, 0.1) is 18.6 Å². The van der Waals surface area contributed by atoms with E-state index < -0.39 is 5.82 Å². The average molecular weight is 406 g/mol. The zero-order valence-corrected chi connectivity index (χ0v) is 16.9. The van der Waals surface area contributed by atoms with Gasteiger partial charge in [0.25, 0.3) is 5.91 Å². The molecule has 0 aromatic heterocycles. The molecule has 1 fully saturated rings. The van der Waals surface area contributed by atoms with E-state index in [9.17, 15) is 13.6 Å². The highest BCUT2D eigenvalue weighted by Gasteiger charge is 2.29. The monoisotopic (exact) mass is 406 g/mol. The lowest BCUT2D eigenvalue weighted by Crippen LogP contribution is -2.50. The summed E-state index contributed by atoms with van der Waals surface area (Å²) in [6, 6.07) is 21.0. The quantitative estimate of drug-likeness (QED) is 0.620. The summed E-state index contributed by atoms with van der Waals surface area (Å²) in [7, 11) is 0. The van der Waals surface area contributed by atoms with Crippen LogP contribution in [0.15, 0.2) is 72.8 Å². The first-order valence-electron chi connectivity index (χ1n) is 10.1. The van der Waals surface area contributed by atoms with E-state index in [-0.39, 0.29) is 17.8 Å². The van der Waals surface area contributed by atoms with Gasteiger partial charge >= 0.3 is 0 Å². The Kier molecular flexibility index (Phi) is 5.91. The summed E-state index contributed by atoms with van der Waals surface area (Å²) in [5.74, 6) is -0.792. The molecule has 0 unspecified atom stereocenters. The minimum absolute atomic E-state index is 0.0139. The fraction of sp³-hybridized carbons (Fsp3) is 0.240. The molecule has 1 aliphatic rings. The Labute approximate surface area is 175 Å². The summed E-state index contributed by atoms with van der Waals surface area (Å²) in [6.07, 6.45) is 0. The third kappa shape index (κ3) is 4.26. The second-order valence-electron chi connectivity index (χ2n) is 7.65. The van der Waals surface area contributed by atoms with E-state index in [1.807, 2.05) is 37.3 Å². The predicted octanol–water partition coefficient (Wildman–Crippen LogP) is 4.82. The van der Waals surface area contributed by atoms with Crippen molar-refractivity contribution in [3.8, 4) is 0 Å². The number of rotatable bonds is 4. The van der Waals surface area contributed by atoms with Crippen molar-refractivity contribution < 1.29 is 13.6 Å². The topological polar surface area (TPSA) is 23.6 Å². The Balaban J connectivity index is 1.53. The summed E-state index contributed by atoms with van der Waals surface area (Å²) in [6.45, 7) is 4.29. The molecule has 0 spiro atoms. The molecule has 0 N–H and O–H groups in total. The second-order valence-corrected chi connectivity index (χ2v) is 7.65. The van der Waals surface area contributed by atoms with Crippen LogP contribution in [0.4, 0.5) is 8.78 Å². The molecule has 154 valence electrons. The molecule has 4 rings (SSSR count). The number of hydrogen-bond acceptors (Lipinski definition) is 2. The lowest BCUT2D eigenvalue weighted by atomic mass is 9.96. The molecule has 0 bridgehead atoms. The summed E-state index contributed by atoms with van der Waals surface area (Å²) in [4.78, 5) is 17.0. The zero-order valence-electron chi connectivity index (χ0n) is 16.9. The van der Waals surface area contributed by atoms with Crippen LogP contribution < -0.4 is 0 Å². The van der Waals surface area contributed by atoms with Crippen LogP contribution in [-0.2, 0) is 0 Å². The van der Waals surface area contributed by atoms with Crippen molar-refractivity contribution in [3.05, 3.63) is 107 Å². The smallest absolute Gasteiger partial charge is 0.254 e. The lowest BCUT2D eigenvalue weighted by molar-refractivity contribution is 0.0596. The molecule has 30 heavy (non-hydrogen) atoms. The van der Waals surface area contributed by atoms with E-state index in [1.165, 1.54) is 24.3 Å². The van der Waals surface area contributed by atoms with Crippen molar-refractivity contribution in [1.82, 2.24) is 9.80 Å². The maximum Gasteiger partial charge on any atom is 0.254 e. The highest BCUT2D eigenvalue weighted by Crippen LogP contribution is 2.30. The van der Waals surface area contributed by atoms with Gasteiger partial charge in [-0.1, -0.05) is 48.5 Å². The molecule has 0 radical (unpaired) electrons. The molecular formula is C25H24F2N2O. The zero-order chi connectivity index (χ0) is 21.1. The molecule has 1 amide bonds. The normalized spacial score (nSPS) is 15.8. The molecule has 1 heterocycles. The molecule has 1 atom stereocenters. The third-order valence-corrected chi connectivity index (χ3v) is 5.70. The number of carbonyl (C=O) groups is 1. The fourth-order valence-electron chi connectivity index (χ4n) is 4.07. The highest BCUT2D eigenvalue weighted by atomic mass is 19.1. The van der Waals surface area contributed by atoms with Gasteiger partial charge in [0.05, 0.1) is 6.04 Å². The van der Waals surface area contributed by atoms with Crippen LogP contribution in [0.25, 0.3) is 0 Å². The predicted molar refractivity (Wildman–Crippen MR) is 113 cm³/mol. The Hall–Kier alpha value is -3.05. The van der Waals surface area contributed by atoms with Crippen molar-refractivity contribution in [3.63, 3.8) is 0 Å². The number of aryl methyl sites for hydroxylation is 1. The Bertz CT molecular complexity index is 1010. The Morgan fingerprint density at radius 1 is 0.800 bits per heavy atom. The third-order valence-electron chi connectivity index (χ3n) is 5.70. The van der Waals surface area contributed by atoms with Gasteiger partial charge in [-0.3, -0.25) is 9.69 Å². The van der Waals surface area contributed by atoms with Crippen LogP contribution in [-0.4, -0.2) is 41.9 Å². The van der Waals surface area contributed by atoms with Crippen LogP contribution in [0.5, 0.6) is 0 Å². The molecule has 5 heteroatoms. The van der Waals surface area contributed by atoms with Gasteiger partial charge in [-0.25, -0.2) is 8.78 Å². The summed E-state index contributed by atoms with van der Waals surface area (Å²) in [5, 5.41) is 0. The van der Waals surface area contributed by atoms with Crippen molar-refractivity contribution >= 4 is 5.91 Å². The van der Waals surface area contributed by atoms with Crippen LogP contribution in [0.3, 0.4) is 0 Å². The summed E-state index contributed by atoms with van der Waals surface area (Å²) >= 11 is 0. The molecule has 1 aliphatic heterocycles. The van der Waals surface area contributed by atoms with Gasteiger partial charge < -0.3 is 4.90 Å². The summed E-state index contributed by atoms with van der Waals surface area (Å²) < 4.78 is 27.1. The standard InChI is InChI=1S/C25H24F2N2O/c1-18-7-10-22(27)17-23(18)25(30)29-15-13-28(14-16-29)24(19-5-3-2-4-6-19)20-8-11-21(26)12-9-20/h2-12,17,24H,13-16H2,1H3/t24-/m1/s1. The van der Waals surface area contributed by atoms with Gasteiger partial charge in [-0.05, 0) is 47.9 Å². The Morgan fingerprint density at radius 2 is 1.40 bits per heavy atom. The first kappa shape index (κ1) is 20.2. The molecule has 0 saturated carbocycles. The van der Waals surface area contributed by atoms with Crippen LogP contribution >= 0.6 is 0 Å². The van der Waals surface area contributed by atoms with E-state index in [2.05, 4.69) is 17.0 Å². The van der Waals surface area contributed by atoms with Gasteiger partial charge in [0.2, 0.25) is 0 Å². The van der Waals surface area contributed by atoms with E-state index in [4.69, 9.17) is 0 Å². The number of piperazine rings is 1. The van der Waals surface area contributed by atoms with Crippen LogP contribution in [0.1, 0.15) is 33.1 Å². The van der Waals surface area contributed by atoms with Gasteiger partial charge in [-0.2, -0.15) is 0 Å². The maximum atomic E-state index is 13.6. The van der Waals surface area contributed by atoms with Crippen molar-refractivity contribution in [2.45, 2.75) is 13.0 Å². The van der Waals surface area contributed by atoms with Crippen molar-refractivity contribution in [2.75, 3.05) is 26.2 Å². The van der Waals surface area contributed by atoms with Crippen molar-refractivity contribution in [1.29, 1.82) is 0 Å². The largest absolute Gasteiger partial charge is 0.336 e. The molecule has 1 saturated heterocycles. The molecule has 3 aromatic carbocycles. The van der Waals surface area contributed by atoms with Gasteiger partial charge in [0.1, 0.15) is 11.6 Å². The van der Waals surface area contributed by atoms with E-state index >= 15 is 0 Å². The molecule has 0 aliphatic carbocycles. The first-order chi connectivity index (χ1) is 14.5. The molecular weight excluding hydrogens is 382 g/mol. The number of halogens is 2. The molecule has 3 aromatic rings. The number of nitrogens with zero attached hydrogens (tertiary/aromatic N) is 2. The SMILES string of the molecule is Cc1ccc(F)cc1C(=O)N1CCN([C@H](c2ccccc2)c2ccc(F)cc2)CC1. The maximum absolute atomic E-state index is 13.6. The number of hydrogen-bond donors (Lipinski definition) is 0. The minimum atomic E-state index is -0.400. The Morgan fingerprint density at radius 3 is 2.07 bits per heavy atom. The number of carbonyl (C=O) groups excluding carboxylic acids is 1. The van der Waals surface area contributed by atoms with Gasteiger partial charge in [-0.15, -0.1) is 0 Å². The molecule has 3 nitrogen and oxygen atoms in total. The number of benzene rings is 3. The van der Waals surface area contributed by atoms with E-state index in [0.29, 0.717) is 31.7 Å². The second kappa shape index (κ2) is 8.76. The van der Waals surface area contributed by atoms with Crippen molar-refractivity contribution in [2.24, 2.45) is 0 Å².